The third-order valence-corrected chi connectivity index (χ3v) is 5.11. The first kappa shape index (κ1) is 18.2. The fourth-order valence-electron chi connectivity index (χ4n) is 2.16. The van der Waals surface area contributed by atoms with Crippen molar-refractivity contribution in [1.82, 2.24) is 0 Å². The number of rotatable bonds is 6. The molecule has 24 heavy (non-hydrogen) atoms. The van der Waals surface area contributed by atoms with Gasteiger partial charge in [-0.3, -0.25) is 10.1 Å². The molecule has 6 nitrogen and oxygen atoms in total. The van der Waals surface area contributed by atoms with Crippen LogP contribution in [0, 0.1) is 15.9 Å². The minimum absolute atomic E-state index is 0.0132. The molecule has 128 valence electrons. The lowest BCUT2D eigenvalue weighted by atomic mass is 10.2. The van der Waals surface area contributed by atoms with Crippen molar-refractivity contribution in [3.8, 4) is 5.75 Å². The van der Waals surface area contributed by atoms with Gasteiger partial charge in [0.15, 0.2) is 15.6 Å². The molecule has 0 saturated carbocycles. The molecule has 0 atom stereocenters. The highest BCUT2D eigenvalue weighted by molar-refractivity contribution is 7.89. The first-order valence-electron chi connectivity index (χ1n) is 6.68. The fourth-order valence-corrected chi connectivity index (χ4v) is 3.99. The van der Waals surface area contributed by atoms with E-state index in [4.69, 9.17) is 16.3 Å². The Morgan fingerprint density at radius 3 is 2.54 bits per heavy atom. The molecule has 2 aromatic rings. The highest BCUT2D eigenvalue weighted by atomic mass is 35.5. The average molecular weight is 374 g/mol. The minimum atomic E-state index is -3.78. The zero-order valence-corrected chi connectivity index (χ0v) is 14.1. The van der Waals surface area contributed by atoms with Gasteiger partial charge in [-0.1, -0.05) is 23.7 Å². The Kier molecular flexibility index (Phi) is 5.40. The van der Waals surface area contributed by atoms with E-state index in [2.05, 4.69) is 0 Å². The molecule has 9 heteroatoms. The van der Waals surface area contributed by atoms with E-state index >= 15 is 0 Å². The molecule has 0 radical (unpaired) electrons. The predicted molar refractivity (Wildman–Crippen MR) is 87.4 cm³/mol. The molecule has 2 rings (SSSR count). The Morgan fingerprint density at radius 2 is 1.96 bits per heavy atom. The smallest absolute Gasteiger partial charge is 0.311 e. The first-order chi connectivity index (χ1) is 11.2. The molecule has 0 aliphatic heterocycles. The second kappa shape index (κ2) is 7.14. The van der Waals surface area contributed by atoms with Crippen LogP contribution in [-0.2, 0) is 21.3 Å². The second-order valence-electron chi connectivity index (χ2n) is 5.00. The van der Waals surface area contributed by atoms with Crippen molar-refractivity contribution in [3.63, 3.8) is 0 Å². The Labute approximate surface area is 142 Å². The number of halogens is 2. The number of sulfone groups is 1. The van der Waals surface area contributed by atoms with Crippen molar-refractivity contribution in [2.75, 3.05) is 7.11 Å². The first-order valence-corrected chi connectivity index (χ1v) is 8.88. The summed E-state index contributed by atoms with van der Waals surface area (Å²) >= 11 is 5.83. The summed E-state index contributed by atoms with van der Waals surface area (Å²) in [5.41, 5.74) is -0.258. The van der Waals surface area contributed by atoms with Crippen LogP contribution in [0.2, 0.25) is 5.02 Å². The van der Waals surface area contributed by atoms with Crippen LogP contribution in [0.1, 0.15) is 11.1 Å². The lowest BCUT2D eigenvalue weighted by molar-refractivity contribution is -0.385. The van der Waals surface area contributed by atoms with E-state index in [1.807, 2.05) is 0 Å². The summed E-state index contributed by atoms with van der Waals surface area (Å²) in [6.45, 7) is 0. The summed E-state index contributed by atoms with van der Waals surface area (Å²) in [7, 11) is -2.51. The molecule has 0 aliphatic carbocycles. The van der Waals surface area contributed by atoms with E-state index in [0.717, 1.165) is 12.1 Å². The van der Waals surface area contributed by atoms with Crippen LogP contribution < -0.4 is 4.74 Å². The van der Waals surface area contributed by atoms with Crippen molar-refractivity contribution in [1.29, 1.82) is 0 Å². The number of hydrogen-bond acceptors (Lipinski definition) is 5. The average Bonchev–Trinajstić information content (AvgIpc) is 2.50. The Bertz CT molecular complexity index is 865. The normalized spacial score (nSPS) is 11.3. The molecule has 0 unspecified atom stereocenters. The molecule has 0 amide bonds. The van der Waals surface area contributed by atoms with Crippen LogP contribution in [-0.4, -0.2) is 20.5 Å². The van der Waals surface area contributed by atoms with Gasteiger partial charge in [0.1, 0.15) is 5.82 Å². The van der Waals surface area contributed by atoms with Gasteiger partial charge in [0.2, 0.25) is 0 Å². The molecule has 0 N–H and O–H groups in total. The van der Waals surface area contributed by atoms with Gasteiger partial charge >= 0.3 is 5.69 Å². The van der Waals surface area contributed by atoms with Crippen molar-refractivity contribution < 1.29 is 22.5 Å². The van der Waals surface area contributed by atoms with Crippen LogP contribution >= 0.6 is 11.6 Å². The number of hydrogen-bond donors (Lipinski definition) is 0. The molecule has 0 bridgehead atoms. The van der Waals surface area contributed by atoms with E-state index < -0.39 is 32.1 Å². The Hall–Kier alpha value is -2.19. The van der Waals surface area contributed by atoms with E-state index in [1.165, 1.54) is 31.4 Å². The van der Waals surface area contributed by atoms with Crippen LogP contribution in [0.25, 0.3) is 0 Å². The minimum Gasteiger partial charge on any atom is -0.490 e. The third-order valence-electron chi connectivity index (χ3n) is 3.25. The number of methoxy groups -OCH3 is 1. The maximum absolute atomic E-state index is 13.7. The van der Waals surface area contributed by atoms with E-state index in [1.54, 1.807) is 0 Å². The summed E-state index contributed by atoms with van der Waals surface area (Å²) in [5, 5.41) is 11.0. The third kappa shape index (κ3) is 4.21. The number of nitro groups is 1. The number of benzene rings is 2. The predicted octanol–water partition coefficient (Wildman–Crippen LogP) is 3.51. The van der Waals surface area contributed by atoms with E-state index in [0.29, 0.717) is 0 Å². The zero-order chi connectivity index (χ0) is 17.9. The number of nitro benzene ring substituents is 1. The summed E-state index contributed by atoms with van der Waals surface area (Å²) < 4.78 is 43.2. The zero-order valence-electron chi connectivity index (χ0n) is 12.5. The largest absolute Gasteiger partial charge is 0.490 e. The maximum Gasteiger partial charge on any atom is 0.311 e. The summed E-state index contributed by atoms with van der Waals surface area (Å²) in [5.74, 6) is -1.77. The molecule has 0 aliphatic rings. The van der Waals surface area contributed by atoms with Crippen LogP contribution in [0.5, 0.6) is 5.75 Å². The lowest BCUT2D eigenvalue weighted by Crippen LogP contribution is -2.10. The molecule has 0 fully saturated rings. The second-order valence-corrected chi connectivity index (χ2v) is 7.47. The van der Waals surface area contributed by atoms with Crippen molar-refractivity contribution >= 4 is 27.1 Å². The van der Waals surface area contributed by atoms with Gasteiger partial charge in [-0.25, -0.2) is 12.8 Å². The SMILES string of the molecule is COc1ccc(CS(=O)(=O)Cc2c(F)cccc2Cl)cc1[N+](=O)[O-]. The van der Waals surface area contributed by atoms with Gasteiger partial charge in [-0.05, 0) is 23.8 Å². The molecule has 2 aromatic carbocycles. The Morgan fingerprint density at radius 1 is 1.25 bits per heavy atom. The number of nitrogens with zero attached hydrogens (tertiary/aromatic N) is 1. The quantitative estimate of drug-likeness (QED) is 0.571. The summed E-state index contributed by atoms with van der Waals surface area (Å²) in [4.78, 5) is 10.3. The Balaban J connectivity index is 2.30. The monoisotopic (exact) mass is 373 g/mol. The fraction of sp³-hybridized carbons (Fsp3) is 0.200. The van der Waals surface area contributed by atoms with Gasteiger partial charge in [0.25, 0.3) is 0 Å². The van der Waals surface area contributed by atoms with Crippen molar-refractivity contribution in [2.24, 2.45) is 0 Å². The molecular formula is C15H13ClFNO5S. The number of ether oxygens (including phenoxy) is 1. The molecule has 0 saturated heterocycles. The molecule has 0 aromatic heterocycles. The van der Waals surface area contributed by atoms with Crippen LogP contribution in [0.4, 0.5) is 10.1 Å². The van der Waals surface area contributed by atoms with Gasteiger partial charge in [-0.15, -0.1) is 0 Å². The van der Waals surface area contributed by atoms with Gasteiger partial charge in [0.05, 0.1) is 23.5 Å². The van der Waals surface area contributed by atoms with Crippen LogP contribution in [0.15, 0.2) is 36.4 Å². The summed E-state index contributed by atoms with van der Waals surface area (Å²) in [6, 6.07) is 7.74. The van der Waals surface area contributed by atoms with Crippen molar-refractivity contribution in [2.45, 2.75) is 11.5 Å². The van der Waals surface area contributed by atoms with Crippen molar-refractivity contribution in [3.05, 3.63) is 68.5 Å². The van der Waals surface area contributed by atoms with E-state index in [-0.39, 0.29) is 27.6 Å². The standard InChI is InChI=1S/C15H13ClFNO5S/c1-23-15-6-5-10(7-14(15)18(19)20)8-24(21,22)9-11-12(16)3-2-4-13(11)17/h2-7H,8-9H2,1H3. The van der Waals surface area contributed by atoms with E-state index in [9.17, 15) is 22.9 Å². The van der Waals surface area contributed by atoms with Gasteiger partial charge in [0, 0.05) is 16.7 Å². The molecular weight excluding hydrogens is 361 g/mol. The van der Waals surface area contributed by atoms with Gasteiger partial charge < -0.3 is 4.74 Å². The summed E-state index contributed by atoms with van der Waals surface area (Å²) in [6.07, 6.45) is 0. The maximum atomic E-state index is 13.7. The lowest BCUT2D eigenvalue weighted by Gasteiger charge is -2.08. The molecule has 0 spiro atoms. The highest BCUT2D eigenvalue weighted by Gasteiger charge is 2.21. The topological polar surface area (TPSA) is 86.5 Å². The van der Waals surface area contributed by atoms with Crippen LogP contribution in [0.3, 0.4) is 0 Å². The highest BCUT2D eigenvalue weighted by Crippen LogP contribution is 2.29. The van der Waals surface area contributed by atoms with Gasteiger partial charge in [-0.2, -0.15) is 0 Å². The molecule has 0 heterocycles.